The molecule has 2 saturated heterocycles. The zero-order valence-electron chi connectivity index (χ0n) is 15.2. The van der Waals surface area contributed by atoms with E-state index in [1.165, 1.54) is 12.1 Å². The standard InChI is InChI=1S/C19H25F2N3O2.ClH/c20-15-6-1-5-14(18(15)21)10-17(25)24-9-3-4-13(12-24)11-23-19(26)16-7-2-8-22-16;/h1,5-6,13,16,22H,2-4,7-12H2,(H,23,26);1H. The van der Waals surface area contributed by atoms with Crippen molar-refractivity contribution in [2.75, 3.05) is 26.2 Å². The Labute approximate surface area is 164 Å². The summed E-state index contributed by atoms with van der Waals surface area (Å²) < 4.78 is 27.1. The zero-order chi connectivity index (χ0) is 18.5. The van der Waals surface area contributed by atoms with Crippen LogP contribution in [0.5, 0.6) is 0 Å². The summed E-state index contributed by atoms with van der Waals surface area (Å²) in [5.74, 6) is -1.88. The molecule has 8 heteroatoms. The number of piperidine rings is 1. The molecule has 2 heterocycles. The molecule has 3 rings (SSSR count). The second-order valence-electron chi connectivity index (χ2n) is 7.13. The van der Waals surface area contributed by atoms with Gasteiger partial charge in [0.25, 0.3) is 0 Å². The molecule has 2 aliphatic rings. The average molecular weight is 402 g/mol. The quantitative estimate of drug-likeness (QED) is 0.793. The molecule has 1 aromatic rings. The van der Waals surface area contributed by atoms with Crippen molar-refractivity contribution < 1.29 is 18.4 Å². The van der Waals surface area contributed by atoms with E-state index in [9.17, 15) is 18.4 Å². The molecule has 2 aliphatic heterocycles. The lowest BCUT2D eigenvalue weighted by Crippen LogP contribution is -2.47. The third-order valence-electron chi connectivity index (χ3n) is 5.19. The Kier molecular flexibility index (Phi) is 7.98. The van der Waals surface area contributed by atoms with Crippen LogP contribution < -0.4 is 10.6 Å². The number of halogens is 3. The van der Waals surface area contributed by atoms with Crippen molar-refractivity contribution in [3.8, 4) is 0 Å². The molecule has 5 nitrogen and oxygen atoms in total. The third kappa shape index (κ3) is 5.62. The van der Waals surface area contributed by atoms with Crippen LogP contribution in [0.3, 0.4) is 0 Å². The van der Waals surface area contributed by atoms with Crippen molar-refractivity contribution in [1.29, 1.82) is 0 Å². The molecule has 0 radical (unpaired) electrons. The predicted molar refractivity (Wildman–Crippen MR) is 101 cm³/mol. The van der Waals surface area contributed by atoms with Gasteiger partial charge < -0.3 is 15.5 Å². The van der Waals surface area contributed by atoms with E-state index in [4.69, 9.17) is 0 Å². The van der Waals surface area contributed by atoms with Gasteiger partial charge in [0, 0.05) is 25.2 Å². The van der Waals surface area contributed by atoms with Crippen molar-refractivity contribution in [2.45, 2.75) is 38.1 Å². The Morgan fingerprint density at radius 1 is 1.22 bits per heavy atom. The number of likely N-dealkylation sites (tertiary alicyclic amines) is 1. The maximum absolute atomic E-state index is 13.8. The molecule has 2 unspecified atom stereocenters. The third-order valence-corrected chi connectivity index (χ3v) is 5.19. The molecule has 2 fully saturated rings. The largest absolute Gasteiger partial charge is 0.354 e. The number of nitrogens with zero attached hydrogens (tertiary/aromatic N) is 1. The molecular weight excluding hydrogens is 376 g/mol. The summed E-state index contributed by atoms with van der Waals surface area (Å²) in [4.78, 5) is 26.2. The molecule has 2 amide bonds. The van der Waals surface area contributed by atoms with E-state index in [1.807, 2.05) is 0 Å². The number of carbonyl (C=O) groups is 2. The van der Waals surface area contributed by atoms with Crippen molar-refractivity contribution in [3.05, 3.63) is 35.4 Å². The van der Waals surface area contributed by atoms with Gasteiger partial charge in [-0.3, -0.25) is 9.59 Å². The van der Waals surface area contributed by atoms with Gasteiger partial charge in [-0.15, -0.1) is 12.4 Å². The Balaban J connectivity index is 0.00000261. The summed E-state index contributed by atoms with van der Waals surface area (Å²) in [6, 6.07) is 3.79. The Hall–Kier alpha value is -1.73. The van der Waals surface area contributed by atoms with E-state index in [0.29, 0.717) is 19.6 Å². The second-order valence-corrected chi connectivity index (χ2v) is 7.13. The van der Waals surface area contributed by atoms with Gasteiger partial charge in [0.15, 0.2) is 11.6 Å². The van der Waals surface area contributed by atoms with E-state index >= 15 is 0 Å². The van der Waals surface area contributed by atoms with Crippen molar-refractivity contribution in [3.63, 3.8) is 0 Å². The van der Waals surface area contributed by atoms with Crippen LogP contribution in [-0.4, -0.2) is 48.9 Å². The van der Waals surface area contributed by atoms with Gasteiger partial charge in [-0.1, -0.05) is 12.1 Å². The van der Waals surface area contributed by atoms with Crippen molar-refractivity contribution >= 4 is 24.2 Å². The van der Waals surface area contributed by atoms with Crippen molar-refractivity contribution in [2.24, 2.45) is 5.92 Å². The molecule has 150 valence electrons. The summed E-state index contributed by atoms with van der Waals surface area (Å²) in [6.45, 7) is 2.56. The summed E-state index contributed by atoms with van der Waals surface area (Å²) >= 11 is 0. The van der Waals surface area contributed by atoms with Crippen LogP contribution in [-0.2, 0) is 16.0 Å². The highest BCUT2D eigenvalue weighted by molar-refractivity contribution is 5.85. The van der Waals surface area contributed by atoms with Gasteiger partial charge in [-0.05, 0) is 44.2 Å². The van der Waals surface area contributed by atoms with Crippen LogP contribution >= 0.6 is 12.4 Å². The minimum atomic E-state index is -0.953. The number of benzene rings is 1. The van der Waals surface area contributed by atoms with E-state index < -0.39 is 11.6 Å². The maximum atomic E-state index is 13.8. The van der Waals surface area contributed by atoms with E-state index in [2.05, 4.69) is 10.6 Å². The lowest BCUT2D eigenvalue weighted by molar-refractivity contribution is -0.132. The van der Waals surface area contributed by atoms with Crippen LogP contribution in [0, 0.1) is 17.6 Å². The molecule has 1 aromatic carbocycles. The summed E-state index contributed by atoms with van der Waals surface area (Å²) in [5.41, 5.74) is 0.0812. The van der Waals surface area contributed by atoms with E-state index in [0.717, 1.165) is 38.3 Å². The minimum absolute atomic E-state index is 0. The zero-order valence-corrected chi connectivity index (χ0v) is 16.0. The summed E-state index contributed by atoms with van der Waals surface area (Å²) in [5, 5.41) is 6.14. The minimum Gasteiger partial charge on any atom is -0.354 e. The first-order chi connectivity index (χ1) is 12.5. The SMILES string of the molecule is Cl.O=C(NCC1CCCN(C(=O)Cc2cccc(F)c2F)C1)C1CCCN1. The van der Waals surface area contributed by atoms with Crippen LogP contribution in [0.4, 0.5) is 8.78 Å². The molecule has 2 atom stereocenters. The first-order valence-corrected chi connectivity index (χ1v) is 9.26. The van der Waals surface area contributed by atoms with Gasteiger partial charge in [0.1, 0.15) is 0 Å². The van der Waals surface area contributed by atoms with Crippen LogP contribution in [0.1, 0.15) is 31.2 Å². The highest BCUT2D eigenvalue weighted by Crippen LogP contribution is 2.19. The van der Waals surface area contributed by atoms with Crippen LogP contribution in [0.15, 0.2) is 18.2 Å². The monoisotopic (exact) mass is 401 g/mol. The number of carbonyl (C=O) groups excluding carboxylic acids is 2. The van der Waals surface area contributed by atoms with Gasteiger partial charge in [-0.2, -0.15) is 0 Å². The van der Waals surface area contributed by atoms with E-state index in [1.54, 1.807) is 4.90 Å². The molecule has 0 aromatic heterocycles. The number of nitrogens with one attached hydrogen (secondary N) is 2. The molecule has 0 spiro atoms. The summed E-state index contributed by atoms with van der Waals surface area (Å²) in [7, 11) is 0. The van der Waals surface area contributed by atoms with Gasteiger partial charge in [-0.25, -0.2) is 8.78 Å². The van der Waals surface area contributed by atoms with Gasteiger partial charge >= 0.3 is 0 Å². The molecule has 0 aliphatic carbocycles. The Morgan fingerprint density at radius 3 is 2.78 bits per heavy atom. The molecule has 0 saturated carbocycles. The second kappa shape index (κ2) is 9.99. The lowest BCUT2D eigenvalue weighted by atomic mass is 9.97. The molecule has 0 bridgehead atoms. The molecule has 2 N–H and O–H groups in total. The fraction of sp³-hybridized carbons (Fsp3) is 0.579. The molecule has 27 heavy (non-hydrogen) atoms. The van der Waals surface area contributed by atoms with Crippen LogP contribution in [0.2, 0.25) is 0 Å². The predicted octanol–water partition coefficient (Wildman–Crippen LogP) is 2.04. The average Bonchev–Trinajstić information content (AvgIpc) is 3.18. The van der Waals surface area contributed by atoms with Gasteiger partial charge in [0.05, 0.1) is 12.5 Å². The van der Waals surface area contributed by atoms with Crippen molar-refractivity contribution in [1.82, 2.24) is 15.5 Å². The number of hydrogen-bond donors (Lipinski definition) is 2. The highest BCUT2D eigenvalue weighted by Gasteiger charge is 2.27. The lowest BCUT2D eigenvalue weighted by Gasteiger charge is -2.33. The number of rotatable bonds is 5. The number of amides is 2. The number of hydrogen-bond acceptors (Lipinski definition) is 3. The first kappa shape index (κ1) is 21.6. The van der Waals surface area contributed by atoms with E-state index in [-0.39, 0.29) is 48.2 Å². The highest BCUT2D eigenvalue weighted by atomic mass is 35.5. The summed E-state index contributed by atoms with van der Waals surface area (Å²) in [6.07, 6.45) is 3.52. The topological polar surface area (TPSA) is 61.4 Å². The Bertz CT molecular complexity index is 668. The normalized spacial score (nSPS) is 22.2. The smallest absolute Gasteiger partial charge is 0.237 e. The Morgan fingerprint density at radius 2 is 2.04 bits per heavy atom. The fourth-order valence-electron chi connectivity index (χ4n) is 3.69. The fourth-order valence-corrected chi connectivity index (χ4v) is 3.69. The first-order valence-electron chi connectivity index (χ1n) is 9.26. The molecular formula is C19H26ClF2N3O2. The maximum Gasteiger partial charge on any atom is 0.237 e. The van der Waals surface area contributed by atoms with Crippen LogP contribution in [0.25, 0.3) is 0 Å². The van der Waals surface area contributed by atoms with Gasteiger partial charge in [0.2, 0.25) is 11.8 Å².